The lowest BCUT2D eigenvalue weighted by molar-refractivity contribution is -0.138. The Hall–Kier alpha value is -3.76. The molecule has 4 rings (SSSR count). The Balaban J connectivity index is 1.72. The van der Waals surface area contributed by atoms with E-state index in [1.165, 1.54) is 30.5 Å². The summed E-state index contributed by atoms with van der Waals surface area (Å²) >= 11 is 0. The molecule has 1 N–H and O–H groups in total. The predicted molar refractivity (Wildman–Crippen MR) is 105 cm³/mol. The van der Waals surface area contributed by atoms with Crippen LogP contribution in [0.25, 0.3) is 22.4 Å². The Bertz CT molecular complexity index is 1280. The maximum Gasteiger partial charge on any atom is 0.418 e. The average Bonchev–Trinajstić information content (AvgIpc) is 2.72. The van der Waals surface area contributed by atoms with Gasteiger partial charge < -0.3 is 5.32 Å². The van der Waals surface area contributed by atoms with Gasteiger partial charge in [0, 0.05) is 23.5 Å². The molecule has 0 bridgehead atoms. The highest BCUT2D eigenvalue weighted by molar-refractivity contribution is 5.91. The molecule has 4 aromatic heterocycles. The highest BCUT2D eigenvalue weighted by Crippen LogP contribution is 2.36. The van der Waals surface area contributed by atoms with Crippen molar-refractivity contribution in [1.82, 2.24) is 19.9 Å². The van der Waals surface area contributed by atoms with Crippen molar-refractivity contribution in [2.75, 3.05) is 5.32 Å². The largest absolute Gasteiger partial charge is 0.418 e. The van der Waals surface area contributed by atoms with Crippen molar-refractivity contribution < 1.29 is 26.3 Å². The van der Waals surface area contributed by atoms with Gasteiger partial charge in [0.25, 0.3) is 0 Å². The molecular formula is C21H13F6N5. The van der Waals surface area contributed by atoms with Gasteiger partial charge in [-0.2, -0.15) is 26.3 Å². The van der Waals surface area contributed by atoms with Crippen LogP contribution in [0.15, 0.2) is 54.9 Å². The Morgan fingerprint density at radius 3 is 2.22 bits per heavy atom. The molecule has 0 aliphatic rings. The first-order chi connectivity index (χ1) is 15.0. The normalized spacial score (nSPS) is 12.2. The third-order valence-electron chi connectivity index (χ3n) is 4.54. The fourth-order valence-corrected chi connectivity index (χ4v) is 3.02. The molecule has 0 unspecified atom stereocenters. The number of alkyl halides is 6. The Morgan fingerprint density at radius 2 is 1.56 bits per heavy atom. The van der Waals surface area contributed by atoms with Gasteiger partial charge in [-0.3, -0.25) is 4.98 Å². The molecule has 11 heteroatoms. The lowest BCUT2D eigenvalue weighted by atomic mass is 10.1. The van der Waals surface area contributed by atoms with E-state index in [1.807, 2.05) is 0 Å². The predicted octanol–water partition coefficient (Wildman–Crippen LogP) is 6.18. The molecule has 5 nitrogen and oxygen atoms in total. The van der Waals surface area contributed by atoms with Crippen LogP contribution >= 0.6 is 0 Å². The number of aromatic nitrogens is 4. The number of halogens is 6. The van der Waals surface area contributed by atoms with Gasteiger partial charge >= 0.3 is 12.4 Å². The minimum atomic E-state index is -4.61. The zero-order valence-electron chi connectivity index (χ0n) is 16.3. The fraction of sp³-hybridized carbons (Fsp3) is 0.143. The summed E-state index contributed by atoms with van der Waals surface area (Å²) in [4.78, 5) is 16.1. The van der Waals surface area contributed by atoms with Crippen molar-refractivity contribution >= 4 is 22.5 Å². The van der Waals surface area contributed by atoms with Crippen LogP contribution in [0.3, 0.4) is 0 Å². The zero-order chi connectivity index (χ0) is 23.1. The first-order valence-electron chi connectivity index (χ1n) is 9.13. The van der Waals surface area contributed by atoms with Crippen molar-refractivity contribution in [3.63, 3.8) is 0 Å². The van der Waals surface area contributed by atoms with E-state index >= 15 is 0 Å². The number of nitrogens with one attached hydrogen (secondary N) is 1. The number of fused-ring (bicyclic) bond motifs is 1. The zero-order valence-corrected chi connectivity index (χ0v) is 16.3. The van der Waals surface area contributed by atoms with Crippen LogP contribution in [-0.4, -0.2) is 19.9 Å². The molecule has 0 spiro atoms. The third kappa shape index (κ3) is 4.32. The van der Waals surface area contributed by atoms with E-state index in [-0.39, 0.29) is 22.9 Å². The number of rotatable bonds is 3. The summed E-state index contributed by atoms with van der Waals surface area (Å²) in [6.45, 7) is 1.57. The van der Waals surface area contributed by atoms with Gasteiger partial charge in [-0.25, -0.2) is 15.0 Å². The van der Waals surface area contributed by atoms with Crippen LogP contribution in [-0.2, 0) is 12.4 Å². The molecule has 0 atom stereocenters. The summed E-state index contributed by atoms with van der Waals surface area (Å²) in [7, 11) is 0. The van der Waals surface area contributed by atoms with Gasteiger partial charge in [0.15, 0.2) is 5.65 Å². The maximum atomic E-state index is 13.4. The van der Waals surface area contributed by atoms with Crippen LogP contribution in [0.4, 0.5) is 37.8 Å². The first kappa shape index (κ1) is 21.5. The molecule has 0 amide bonds. The second-order valence-corrected chi connectivity index (χ2v) is 6.83. The molecule has 4 aromatic rings. The smallest absolute Gasteiger partial charge is 0.340 e. The topological polar surface area (TPSA) is 63.6 Å². The SMILES string of the molecule is Cc1ccc(C(F)(F)F)c(-c2ccc3c(Nc4ccc(C(F)(F)F)cn4)ccnc3n2)n1. The average molecular weight is 449 g/mol. The lowest BCUT2D eigenvalue weighted by Gasteiger charge is -2.13. The number of anilines is 2. The van der Waals surface area contributed by atoms with Gasteiger partial charge in [-0.05, 0) is 49.4 Å². The van der Waals surface area contributed by atoms with Crippen LogP contribution in [0.2, 0.25) is 0 Å². The van der Waals surface area contributed by atoms with Crippen molar-refractivity contribution in [3.05, 3.63) is 71.7 Å². The highest BCUT2D eigenvalue weighted by Gasteiger charge is 2.35. The third-order valence-corrected chi connectivity index (χ3v) is 4.54. The lowest BCUT2D eigenvalue weighted by Crippen LogP contribution is -2.09. The Morgan fingerprint density at radius 1 is 0.781 bits per heavy atom. The van der Waals surface area contributed by atoms with Crippen LogP contribution in [0, 0.1) is 6.92 Å². The molecular weight excluding hydrogens is 436 g/mol. The number of nitrogens with zero attached hydrogens (tertiary/aromatic N) is 4. The minimum absolute atomic E-state index is 0.00849. The molecule has 164 valence electrons. The Labute approximate surface area is 177 Å². The summed E-state index contributed by atoms with van der Waals surface area (Å²) in [6.07, 6.45) is -7.05. The molecule has 0 aliphatic heterocycles. The first-order valence-corrected chi connectivity index (χ1v) is 9.13. The van der Waals surface area contributed by atoms with Crippen molar-refractivity contribution in [3.8, 4) is 11.4 Å². The minimum Gasteiger partial charge on any atom is -0.340 e. The molecule has 0 fully saturated rings. The van der Waals surface area contributed by atoms with Crippen LogP contribution < -0.4 is 5.32 Å². The van der Waals surface area contributed by atoms with E-state index in [2.05, 4.69) is 25.3 Å². The summed E-state index contributed by atoms with van der Waals surface area (Å²) < 4.78 is 78.4. The Kier molecular flexibility index (Phi) is 5.19. The maximum absolute atomic E-state index is 13.4. The van der Waals surface area contributed by atoms with E-state index in [9.17, 15) is 26.3 Å². The number of hydrogen-bond donors (Lipinski definition) is 1. The van der Waals surface area contributed by atoms with E-state index in [4.69, 9.17) is 0 Å². The fourth-order valence-electron chi connectivity index (χ4n) is 3.02. The second-order valence-electron chi connectivity index (χ2n) is 6.83. The van der Waals surface area contributed by atoms with Gasteiger partial charge in [-0.1, -0.05) is 0 Å². The van der Waals surface area contributed by atoms with Crippen molar-refractivity contribution in [2.45, 2.75) is 19.3 Å². The molecule has 0 saturated carbocycles. The van der Waals surface area contributed by atoms with Crippen LogP contribution in [0.1, 0.15) is 16.8 Å². The summed E-state index contributed by atoms with van der Waals surface area (Å²) in [5, 5.41) is 3.32. The molecule has 0 aromatic carbocycles. The standard InChI is InChI=1S/C21H13F6N5/c1-11-2-5-14(21(25,26)27)18(30-11)16-6-4-13-15(8-9-28-19(13)32-16)31-17-7-3-12(10-29-17)20(22,23)24/h2-10H,1H3,(H,28,29,31,32). The second kappa shape index (κ2) is 7.74. The van der Waals surface area contributed by atoms with Crippen molar-refractivity contribution in [1.29, 1.82) is 0 Å². The summed E-state index contributed by atoms with van der Waals surface area (Å²) in [5.74, 6) is 0.147. The van der Waals surface area contributed by atoms with E-state index in [0.717, 1.165) is 12.1 Å². The number of hydrogen-bond acceptors (Lipinski definition) is 5. The van der Waals surface area contributed by atoms with Gasteiger partial charge in [0.2, 0.25) is 0 Å². The van der Waals surface area contributed by atoms with Gasteiger partial charge in [0.1, 0.15) is 11.5 Å². The van der Waals surface area contributed by atoms with E-state index in [0.29, 0.717) is 23.0 Å². The molecule has 32 heavy (non-hydrogen) atoms. The summed E-state index contributed by atoms with van der Waals surface area (Å²) in [5.41, 5.74) is -1.18. The van der Waals surface area contributed by atoms with Gasteiger partial charge in [-0.15, -0.1) is 0 Å². The van der Waals surface area contributed by atoms with Crippen molar-refractivity contribution in [2.24, 2.45) is 0 Å². The van der Waals surface area contributed by atoms with E-state index in [1.54, 1.807) is 13.0 Å². The molecule has 4 heterocycles. The highest BCUT2D eigenvalue weighted by atomic mass is 19.4. The quantitative estimate of drug-likeness (QED) is 0.379. The summed E-state index contributed by atoms with van der Waals surface area (Å²) in [6, 6.07) is 8.72. The number of aryl methyl sites for hydroxylation is 1. The van der Waals surface area contributed by atoms with E-state index < -0.39 is 23.5 Å². The monoisotopic (exact) mass is 449 g/mol. The molecule has 0 radical (unpaired) electrons. The van der Waals surface area contributed by atoms with Crippen LogP contribution in [0.5, 0.6) is 0 Å². The number of pyridine rings is 4. The molecule has 0 saturated heterocycles. The van der Waals surface area contributed by atoms with Gasteiger partial charge in [0.05, 0.1) is 22.5 Å². The molecule has 0 aliphatic carbocycles.